The quantitative estimate of drug-likeness (QED) is 0.665. The Morgan fingerprint density at radius 3 is 2.42 bits per heavy atom. The van der Waals surface area contributed by atoms with E-state index in [0.29, 0.717) is 5.75 Å². The van der Waals surface area contributed by atoms with Gasteiger partial charge in [-0.2, -0.15) is 9.40 Å². The number of rotatable bonds is 6. The molecular formula is C18H20N4O3S. The van der Waals surface area contributed by atoms with Crippen molar-refractivity contribution in [3.05, 3.63) is 66.7 Å². The normalized spacial score (nSPS) is 12.9. The van der Waals surface area contributed by atoms with E-state index in [9.17, 15) is 8.42 Å². The SMILES string of the molecule is COc1ccccc1S(=O)(=O)N(C)C(C)c1ccc(-n2cncn2)cc1. The van der Waals surface area contributed by atoms with Gasteiger partial charge in [-0.25, -0.2) is 18.1 Å². The third-order valence-corrected chi connectivity index (χ3v) is 6.30. The number of benzene rings is 2. The van der Waals surface area contributed by atoms with Gasteiger partial charge in [0.25, 0.3) is 0 Å². The van der Waals surface area contributed by atoms with Gasteiger partial charge < -0.3 is 4.74 Å². The first-order valence-corrected chi connectivity index (χ1v) is 9.45. The van der Waals surface area contributed by atoms with E-state index in [1.807, 2.05) is 31.2 Å². The van der Waals surface area contributed by atoms with Crippen LogP contribution >= 0.6 is 0 Å². The van der Waals surface area contributed by atoms with Crippen molar-refractivity contribution in [2.75, 3.05) is 14.2 Å². The Bertz CT molecular complexity index is 970. The molecule has 1 unspecified atom stereocenters. The van der Waals surface area contributed by atoms with Crippen LogP contribution in [0.3, 0.4) is 0 Å². The second kappa shape index (κ2) is 7.27. The minimum atomic E-state index is -3.70. The minimum absolute atomic E-state index is 0.149. The van der Waals surface area contributed by atoms with Crippen molar-refractivity contribution in [2.45, 2.75) is 17.9 Å². The second-order valence-corrected chi connectivity index (χ2v) is 7.75. The molecule has 0 bridgehead atoms. The largest absolute Gasteiger partial charge is 0.495 e. The van der Waals surface area contributed by atoms with E-state index in [1.54, 1.807) is 42.3 Å². The standard InChI is InChI=1S/C18H20N4O3S/c1-14(15-8-10-16(11-9-15)22-13-19-12-20-22)21(2)26(23,24)18-7-5-4-6-17(18)25-3/h4-14H,1-3H3. The van der Waals surface area contributed by atoms with Gasteiger partial charge in [0.15, 0.2) is 0 Å². The molecule has 2 aromatic carbocycles. The van der Waals surface area contributed by atoms with Crippen LogP contribution in [0.15, 0.2) is 66.1 Å². The molecule has 1 heterocycles. The molecule has 0 N–H and O–H groups in total. The van der Waals surface area contributed by atoms with Crippen molar-refractivity contribution in [3.63, 3.8) is 0 Å². The van der Waals surface area contributed by atoms with Crippen molar-refractivity contribution in [2.24, 2.45) is 0 Å². The molecule has 3 rings (SSSR count). The summed E-state index contributed by atoms with van der Waals surface area (Å²) in [6.07, 6.45) is 3.07. The highest BCUT2D eigenvalue weighted by Crippen LogP contribution is 2.30. The highest BCUT2D eigenvalue weighted by Gasteiger charge is 2.28. The topological polar surface area (TPSA) is 77.3 Å². The molecule has 8 heteroatoms. The first kappa shape index (κ1) is 18.1. The molecule has 26 heavy (non-hydrogen) atoms. The molecule has 0 aliphatic heterocycles. The maximum Gasteiger partial charge on any atom is 0.247 e. The summed E-state index contributed by atoms with van der Waals surface area (Å²) in [6, 6.07) is 13.8. The van der Waals surface area contributed by atoms with Crippen LogP contribution in [0, 0.1) is 0 Å². The molecule has 7 nitrogen and oxygen atoms in total. The van der Waals surface area contributed by atoms with E-state index in [0.717, 1.165) is 11.3 Å². The third kappa shape index (κ3) is 3.33. The van der Waals surface area contributed by atoms with Crippen LogP contribution in [-0.2, 0) is 10.0 Å². The van der Waals surface area contributed by atoms with E-state index in [-0.39, 0.29) is 10.9 Å². The van der Waals surface area contributed by atoms with E-state index >= 15 is 0 Å². The third-order valence-electron chi connectivity index (χ3n) is 4.33. The van der Waals surface area contributed by atoms with Crippen LogP contribution in [0.25, 0.3) is 5.69 Å². The average Bonchev–Trinajstić information content (AvgIpc) is 3.21. The molecule has 1 atom stereocenters. The van der Waals surface area contributed by atoms with Crippen molar-refractivity contribution >= 4 is 10.0 Å². The van der Waals surface area contributed by atoms with Crippen molar-refractivity contribution in [1.82, 2.24) is 19.1 Å². The lowest BCUT2D eigenvalue weighted by Gasteiger charge is -2.25. The van der Waals surface area contributed by atoms with Gasteiger partial charge in [-0.05, 0) is 36.8 Å². The lowest BCUT2D eigenvalue weighted by Crippen LogP contribution is -2.30. The molecule has 0 aliphatic carbocycles. The molecule has 3 aromatic rings. The van der Waals surface area contributed by atoms with Crippen LogP contribution in [-0.4, -0.2) is 41.6 Å². The number of nitrogens with zero attached hydrogens (tertiary/aromatic N) is 4. The zero-order chi connectivity index (χ0) is 18.7. The summed E-state index contributed by atoms with van der Waals surface area (Å²) in [5.41, 5.74) is 1.73. The fraction of sp³-hybridized carbons (Fsp3) is 0.222. The molecule has 0 aliphatic rings. The maximum absolute atomic E-state index is 13.0. The predicted molar refractivity (Wildman–Crippen MR) is 97.7 cm³/mol. The highest BCUT2D eigenvalue weighted by atomic mass is 32.2. The minimum Gasteiger partial charge on any atom is -0.495 e. The van der Waals surface area contributed by atoms with Gasteiger partial charge in [-0.1, -0.05) is 24.3 Å². The fourth-order valence-electron chi connectivity index (χ4n) is 2.65. The van der Waals surface area contributed by atoms with Crippen LogP contribution in [0.2, 0.25) is 0 Å². The first-order valence-electron chi connectivity index (χ1n) is 8.01. The highest BCUT2D eigenvalue weighted by molar-refractivity contribution is 7.89. The lowest BCUT2D eigenvalue weighted by atomic mass is 10.1. The molecule has 0 fully saturated rings. The molecule has 0 radical (unpaired) electrons. The summed E-state index contributed by atoms with van der Waals surface area (Å²) in [4.78, 5) is 4.07. The summed E-state index contributed by atoms with van der Waals surface area (Å²) in [5.74, 6) is 0.327. The molecule has 136 valence electrons. The van der Waals surface area contributed by atoms with Crippen LogP contribution in [0.4, 0.5) is 0 Å². The van der Waals surface area contributed by atoms with Crippen LogP contribution < -0.4 is 4.74 Å². The Balaban J connectivity index is 1.88. The Hall–Kier alpha value is -2.71. The smallest absolute Gasteiger partial charge is 0.247 e. The fourth-order valence-corrected chi connectivity index (χ4v) is 4.16. The first-order chi connectivity index (χ1) is 12.4. The molecule has 0 amide bonds. The van der Waals surface area contributed by atoms with Gasteiger partial charge in [-0.3, -0.25) is 0 Å². The molecule has 0 spiro atoms. The summed E-state index contributed by atoms with van der Waals surface area (Å²) in [7, 11) is -0.675. The molecular weight excluding hydrogens is 352 g/mol. The number of hydrogen-bond acceptors (Lipinski definition) is 5. The number of para-hydroxylation sites is 1. The van der Waals surface area contributed by atoms with Gasteiger partial charge >= 0.3 is 0 Å². The van der Waals surface area contributed by atoms with Gasteiger partial charge in [0.05, 0.1) is 12.8 Å². The predicted octanol–water partition coefficient (Wildman–Crippen LogP) is 2.66. The number of sulfonamides is 1. The zero-order valence-electron chi connectivity index (χ0n) is 14.8. The monoisotopic (exact) mass is 372 g/mol. The van der Waals surface area contributed by atoms with E-state index in [1.165, 1.54) is 17.7 Å². The van der Waals surface area contributed by atoms with Gasteiger partial charge in [0.1, 0.15) is 23.3 Å². The van der Waals surface area contributed by atoms with Crippen molar-refractivity contribution in [1.29, 1.82) is 0 Å². The summed E-state index contributed by atoms with van der Waals surface area (Å²) < 4.78 is 34.2. The van der Waals surface area contributed by atoms with Crippen LogP contribution in [0.5, 0.6) is 5.75 Å². The summed E-state index contributed by atoms with van der Waals surface area (Å²) in [5, 5.41) is 4.08. The number of methoxy groups -OCH3 is 1. The van der Waals surface area contributed by atoms with E-state index in [4.69, 9.17) is 4.74 Å². The number of hydrogen-bond donors (Lipinski definition) is 0. The molecule has 1 aromatic heterocycles. The Labute approximate surface area is 152 Å². The second-order valence-electron chi connectivity index (χ2n) is 5.78. The summed E-state index contributed by atoms with van der Waals surface area (Å²) >= 11 is 0. The Kier molecular flexibility index (Phi) is 5.06. The van der Waals surface area contributed by atoms with E-state index < -0.39 is 10.0 Å². The lowest BCUT2D eigenvalue weighted by molar-refractivity contribution is 0.382. The average molecular weight is 372 g/mol. The van der Waals surface area contributed by atoms with Gasteiger partial charge in [0, 0.05) is 13.1 Å². The Morgan fingerprint density at radius 1 is 1.12 bits per heavy atom. The van der Waals surface area contributed by atoms with Crippen LogP contribution in [0.1, 0.15) is 18.5 Å². The van der Waals surface area contributed by atoms with Gasteiger partial charge in [0.2, 0.25) is 10.0 Å². The number of ether oxygens (including phenoxy) is 1. The summed E-state index contributed by atoms with van der Waals surface area (Å²) in [6.45, 7) is 1.84. The van der Waals surface area contributed by atoms with Crippen molar-refractivity contribution < 1.29 is 13.2 Å². The Morgan fingerprint density at radius 2 is 1.81 bits per heavy atom. The zero-order valence-corrected chi connectivity index (χ0v) is 15.6. The molecule has 0 saturated carbocycles. The maximum atomic E-state index is 13.0. The molecule has 0 saturated heterocycles. The van der Waals surface area contributed by atoms with Gasteiger partial charge in [-0.15, -0.1) is 0 Å². The van der Waals surface area contributed by atoms with E-state index in [2.05, 4.69) is 10.1 Å². The number of aromatic nitrogens is 3. The van der Waals surface area contributed by atoms with Crippen molar-refractivity contribution in [3.8, 4) is 11.4 Å².